The molecule has 0 saturated heterocycles. The van der Waals surface area contributed by atoms with Crippen LogP contribution >= 0.6 is 0 Å². The topological polar surface area (TPSA) is 165 Å². The van der Waals surface area contributed by atoms with Crippen molar-refractivity contribution in [1.29, 1.82) is 0 Å². The molecular formula is C31H37FN6O6. The van der Waals surface area contributed by atoms with Crippen molar-refractivity contribution in [3.8, 4) is 11.1 Å². The lowest BCUT2D eigenvalue weighted by atomic mass is 9.95. The van der Waals surface area contributed by atoms with Crippen LogP contribution in [0.3, 0.4) is 0 Å². The maximum Gasteiger partial charge on any atom is 0.322 e. The number of benzene rings is 2. The summed E-state index contributed by atoms with van der Waals surface area (Å²) in [4.78, 5) is 59.1. The monoisotopic (exact) mass is 608 g/mol. The third-order valence-corrected chi connectivity index (χ3v) is 6.40. The summed E-state index contributed by atoms with van der Waals surface area (Å²) >= 11 is 0. The standard InChI is InChI=1S/C28H29FN6O6.C3H8/c1-15(2)28-27-18(19-10-22-17(9-20(19)29)11-32-35(22)25(39)8-7-16(3)36)5-4-6-21(27)34(33-28)14-24(38)30-12-23(37)31-13-26(40)41;1-3-2/h4-6,9-11,15H,7-8,12-14H2,1-3H3,(H,30,38)(H,31,37)(H,40,41);3H2,1-2H3. The molecule has 0 saturated carbocycles. The molecular weight excluding hydrogens is 571 g/mol. The minimum atomic E-state index is -1.20. The summed E-state index contributed by atoms with van der Waals surface area (Å²) in [6.45, 7) is 8.28. The van der Waals surface area contributed by atoms with Gasteiger partial charge in [0, 0.05) is 29.2 Å². The first-order chi connectivity index (χ1) is 20.9. The molecule has 4 rings (SSSR count). The lowest BCUT2D eigenvalue weighted by Gasteiger charge is -2.10. The zero-order valence-corrected chi connectivity index (χ0v) is 25.4. The number of aromatic nitrogens is 4. The van der Waals surface area contributed by atoms with Crippen LogP contribution in [0.5, 0.6) is 0 Å². The first-order valence-electron chi connectivity index (χ1n) is 14.3. The number of amides is 2. The van der Waals surface area contributed by atoms with Gasteiger partial charge in [-0.1, -0.05) is 46.2 Å². The van der Waals surface area contributed by atoms with E-state index in [1.165, 1.54) is 35.0 Å². The van der Waals surface area contributed by atoms with Crippen LogP contribution in [0.2, 0.25) is 0 Å². The van der Waals surface area contributed by atoms with Gasteiger partial charge in [0.25, 0.3) is 0 Å². The Morgan fingerprint density at radius 2 is 1.64 bits per heavy atom. The Bertz CT molecular complexity index is 1710. The summed E-state index contributed by atoms with van der Waals surface area (Å²) in [7, 11) is 0. The Morgan fingerprint density at radius 3 is 2.27 bits per heavy atom. The highest BCUT2D eigenvalue weighted by atomic mass is 19.1. The Hall–Kier alpha value is -4.94. The van der Waals surface area contributed by atoms with Crippen molar-refractivity contribution in [3.05, 3.63) is 48.0 Å². The molecule has 2 aromatic heterocycles. The minimum Gasteiger partial charge on any atom is -0.480 e. The number of carbonyl (C=O) groups is 5. The van der Waals surface area contributed by atoms with E-state index in [2.05, 4.69) is 34.7 Å². The molecule has 2 heterocycles. The minimum absolute atomic E-state index is 0.0258. The van der Waals surface area contributed by atoms with Gasteiger partial charge >= 0.3 is 5.97 Å². The van der Waals surface area contributed by atoms with Crippen LogP contribution in [-0.2, 0) is 25.7 Å². The van der Waals surface area contributed by atoms with Crippen molar-refractivity contribution in [2.75, 3.05) is 13.1 Å². The second-order valence-corrected chi connectivity index (χ2v) is 10.6. The maximum atomic E-state index is 15.5. The number of halogens is 1. The van der Waals surface area contributed by atoms with Gasteiger partial charge in [0.1, 0.15) is 24.7 Å². The second kappa shape index (κ2) is 15.0. The SMILES string of the molecule is CC(=O)CCC(=O)n1ncc2cc(F)c(-c3cccc4c3c(C(C)C)nn4CC(=O)NCC(=O)NCC(=O)O)cc21.CCC. The van der Waals surface area contributed by atoms with E-state index in [1.807, 2.05) is 13.8 Å². The predicted molar refractivity (Wildman–Crippen MR) is 163 cm³/mol. The molecule has 0 bridgehead atoms. The molecule has 0 radical (unpaired) electrons. The van der Waals surface area contributed by atoms with Gasteiger partial charge in [-0.15, -0.1) is 0 Å². The Balaban J connectivity index is 0.00000169. The number of fused-ring (bicyclic) bond motifs is 2. The average molecular weight is 609 g/mol. The van der Waals surface area contributed by atoms with Gasteiger partial charge in [0.15, 0.2) is 0 Å². The van der Waals surface area contributed by atoms with Gasteiger partial charge in [-0.05, 0) is 36.6 Å². The first kappa shape index (κ1) is 33.6. The Labute approximate surface area is 253 Å². The number of carboxylic acids is 1. The number of nitrogens with zero attached hydrogens (tertiary/aromatic N) is 4. The highest BCUT2D eigenvalue weighted by Gasteiger charge is 2.22. The lowest BCUT2D eigenvalue weighted by Crippen LogP contribution is -2.40. The van der Waals surface area contributed by atoms with E-state index < -0.39 is 36.7 Å². The van der Waals surface area contributed by atoms with Gasteiger partial charge in [-0.2, -0.15) is 10.2 Å². The van der Waals surface area contributed by atoms with E-state index in [4.69, 9.17) is 5.11 Å². The summed E-state index contributed by atoms with van der Waals surface area (Å²) < 4.78 is 18.1. The van der Waals surface area contributed by atoms with E-state index in [1.54, 1.807) is 24.3 Å². The van der Waals surface area contributed by atoms with Gasteiger partial charge < -0.3 is 20.5 Å². The van der Waals surface area contributed by atoms with Crippen molar-refractivity contribution in [2.24, 2.45) is 0 Å². The molecule has 234 valence electrons. The van der Waals surface area contributed by atoms with Crippen LogP contribution < -0.4 is 10.6 Å². The third-order valence-electron chi connectivity index (χ3n) is 6.40. The molecule has 2 aromatic carbocycles. The van der Waals surface area contributed by atoms with Gasteiger partial charge in [-0.3, -0.25) is 23.9 Å². The van der Waals surface area contributed by atoms with Crippen molar-refractivity contribution < 1.29 is 33.5 Å². The zero-order chi connectivity index (χ0) is 32.6. The second-order valence-electron chi connectivity index (χ2n) is 10.6. The van der Waals surface area contributed by atoms with E-state index >= 15 is 4.39 Å². The van der Waals surface area contributed by atoms with Crippen molar-refractivity contribution >= 4 is 51.3 Å². The highest BCUT2D eigenvalue weighted by molar-refractivity contribution is 6.01. The predicted octanol–water partition coefficient (Wildman–Crippen LogP) is 4.06. The van der Waals surface area contributed by atoms with Gasteiger partial charge in [-0.25, -0.2) is 9.07 Å². The summed E-state index contributed by atoms with van der Waals surface area (Å²) in [6, 6.07) is 8.03. The average Bonchev–Trinajstić information content (AvgIpc) is 3.55. The van der Waals surface area contributed by atoms with Gasteiger partial charge in [0.2, 0.25) is 17.7 Å². The lowest BCUT2D eigenvalue weighted by molar-refractivity contribution is -0.137. The van der Waals surface area contributed by atoms with Crippen molar-refractivity contribution in [1.82, 2.24) is 30.2 Å². The van der Waals surface area contributed by atoms with Crippen LogP contribution in [-0.4, -0.2) is 67.2 Å². The van der Waals surface area contributed by atoms with Gasteiger partial charge in [0.05, 0.1) is 29.5 Å². The van der Waals surface area contributed by atoms with Crippen LogP contribution in [0.15, 0.2) is 36.5 Å². The molecule has 2 amide bonds. The number of ketones is 1. The highest BCUT2D eigenvalue weighted by Crippen LogP contribution is 2.37. The number of carbonyl (C=O) groups excluding carboxylic acids is 4. The van der Waals surface area contributed by atoms with Crippen LogP contribution in [0.25, 0.3) is 32.9 Å². The largest absolute Gasteiger partial charge is 0.480 e. The molecule has 0 spiro atoms. The normalized spacial score (nSPS) is 10.9. The number of aliphatic carboxylic acids is 1. The van der Waals surface area contributed by atoms with Crippen LogP contribution in [0, 0.1) is 5.82 Å². The van der Waals surface area contributed by atoms with Crippen molar-refractivity contribution in [2.45, 2.75) is 66.3 Å². The Morgan fingerprint density at radius 1 is 0.955 bits per heavy atom. The van der Waals surface area contributed by atoms with E-state index in [9.17, 15) is 24.0 Å². The molecule has 0 atom stereocenters. The van der Waals surface area contributed by atoms with E-state index in [-0.39, 0.29) is 42.6 Å². The summed E-state index contributed by atoms with van der Waals surface area (Å²) in [5, 5.41) is 23.0. The third kappa shape index (κ3) is 8.12. The molecule has 4 aromatic rings. The molecule has 0 fully saturated rings. The number of Topliss-reactive ketones (excluding diaryl/α,β-unsaturated/α-hetero) is 1. The number of nitrogens with one attached hydrogen (secondary N) is 2. The smallest absolute Gasteiger partial charge is 0.322 e. The number of hydrogen-bond donors (Lipinski definition) is 3. The summed E-state index contributed by atoms with van der Waals surface area (Å²) in [5.74, 6) is -3.53. The summed E-state index contributed by atoms with van der Waals surface area (Å²) in [5.41, 5.74) is 2.29. The Kier molecular flexibility index (Phi) is 11.4. The quantitative estimate of drug-likeness (QED) is 0.229. The molecule has 13 heteroatoms. The molecule has 0 aliphatic carbocycles. The molecule has 44 heavy (non-hydrogen) atoms. The van der Waals surface area contributed by atoms with Crippen molar-refractivity contribution in [3.63, 3.8) is 0 Å². The molecule has 0 aliphatic rings. The van der Waals surface area contributed by atoms with Crippen LogP contribution in [0.1, 0.15) is 70.3 Å². The molecule has 0 aliphatic heterocycles. The molecule has 0 unspecified atom stereocenters. The van der Waals surface area contributed by atoms with Crippen LogP contribution in [0.4, 0.5) is 4.39 Å². The fourth-order valence-corrected chi connectivity index (χ4v) is 4.46. The zero-order valence-electron chi connectivity index (χ0n) is 25.4. The molecule has 12 nitrogen and oxygen atoms in total. The summed E-state index contributed by atoms with van der Waals surface area (Å²) in [6.07, 6.45) is 2.69. The first-order valence-corrected chi connectivity index (χ1v) is 14.3. The van der Waals surface area contributed by atoms with E-state index in [0.29, 0.717) is 33.1 Å². The fourth-order valence-electron chi connectivity index (χ4n) is 4.46. The molecule has 3 N–H and O–H groups in total. The fraction of sp³-hybridized carbons (Fsp3) is 0.387. The number of carboxylic acid groups (broad SMARTS) is 1. The maximum absolute atomic E-state index is 15.5. The number of hydrogen-bond acceptors (Lipinski definition) is 7. The number of rotatable bonds is 11. The van der Waals surface area contributed by atoms with E-state index in [0.717, 1.165) is 0 Å².